The number of carbonyl (C=O) groups is 1. The van der Waals surface area contributed by atoms with Crippen molar-refractivity contribution in [3.05, 3.63) is 23.8 Å². The normalized spacial score (nSPS) is 17.3. The molecule has 0 aliphatic carbocycles. The maximum atomic E-state index is 11.3. The number of carboxylic acid groups (broad SMARTS) is 1. The highest BCUT2D eigenvalue weighted by atomic mass is 16.6. The monoisotopic (exact) mass is 236 g/mol. The predicted molar refractivity (Wildman–Crippen MR) is 62.7 cm³/mol. The first-order valence-electron chi connectivity index (χ1n) is 5.71. The van der Waals surface area contributed by atoms with Crippen LogP contribution in [0.3, 0.4) is 0 Å². The van der Waals surface area contributed by atoms with Gasteiger partial charge in [0.2, 0.25) is 0 Å². The number of fused-ring (bicyclic) bond motifs is 1. The van der Waals surface area contributed by atoms with Gasteiger partial charge in [-0.05, 0) is 31.0 Å². The molecule has 0 saturated heterocycles. The third kappa shape index (κ3) is 1.95. The molecule has 1 aliphatic heterocycles. The van der Waals surface area contributed by atoms with E-state index in [0.717, 1.165) is 5.56 Å². The standard InChI is InChI=1S/C13H16O4/c1-3-13(2,12(14)15)9-4-5-10-11(8-9)17-7-6-16-10/h4-5,8H,3,6-7H2,1-2H3,(H,14,15). The molecule has 92 valence electrons. The third-order valence-electron chi connectivity index (χ3n) is 3.36. The van der Waals surface area contributed by atoms with Crippen LogP contribution in [0, 0.1) is 0 Å². The van der Waals surface area contributed by atoms with Gasteiger partial charge >= 0.3 is 5.97 Å². The van der Waals surface area contributed by atoms with Gasteiger partial charge in [-0.15, -0.1) is 0 Å². The van der Waals surface area contributed by atoms with Gasteiger partial charge < -0.3 is 14.6 Å². The van der Waals surface area contributed by atoms with E-state index in [1.807, 2.05) is 6.92 Å². The Kier molecular flexibility index (Phi) is 2.96. The van der Waals surface area contributed by atoms with Crippen LogP contribution in [0.25, 0.3) is 0 Å². The smallest absolute Gasteiger partial charge is 0.313 e. The fraction of sp³-hybridized carbons (Fsp3) is 0.462. The second-order valence-corrected chi connectivity index (χ2v) is 4.35. The van der Waals surface area contributed by atoms with E-state index in [9.17, 15) is 9.90 Å². The van der Waals surface area contributed by atoms with Gasteiger partial charge in [-0.3, -0.25) is 4.79 Å². The molecule has 0 saturated carbocycles. The van der Waals surface area contributed by atoms with Crippen molar-refractivity contribution >= 4 is 5.97 Å². The van der Waals surface area contributed by atoms with Crippen LogP contribution in [0.2, 0.25) is 0 Å². The van der Waals surface area contributed by atoms with Crippen LogP contribution < -0.4 is 9.47 Å². The van der Waals surface area contributed by atoms with Crippen molar-refractivity contribution in [3.63, 3.8) is 0 Å². The van der Waals surface area contributed by atoms with E-state index in [0.29, 0.717) is 31.1 Å². The molecule has 1 aromatic rings. The zero-order valence-electron chi connectivity index (χ0n) is 10.0. The van der Waals surface area contributed by atoms with E-state index in [1.54, 1.807) is 25.1 Å². The van der Waals surface area contributed by atoms with Crippen LogP contribution in [0.15, 0.2) is 18.2 Å². The third-order valence-corrected chi connectivity index (χ3v) is 3.36. The lowest BCUT2D eigenvalue weighted by Crippen LogP contribution is -2.31. The minimum atomic E-state index is -0.879. The summed E-state index contributed by atoms with van der Waals surface area (Å²) in [6.07, 6.45) is 0.530. The van der Waals surface area contributed by atoms with Crippen LogP contribution >= 0.6 is 0 Å². The molecule has 4 nitrogen and oxygen atoms in total. The van der Waals surface area contributed by atoms with Crippen molar-refractivity contribution in [2.75, 3.05) is 13.2 Å². The SMILES string of the molecule is CCC(C)(C(=O)O)c1ccc2c(c1)OCCO2. The number of hydrogen-bond acceptors (Lipinski definition) is 3. The summed E-state index contributed by atoms with van der Waals surface area (Å²) in [5, 5.41) is 9.32. The molecule has 0 radical (unpaired) electrons. The molecule has 17 heavy (non-hydrogen) atoms. The molecule has 1 aliphatic rings. The zero-order chi connectivity index (χ0) is 12.5. The maximum Gasteiger partial charge on any atom is 0.313 e. The summed E-state index contributed by atoms with van der Waals surface area (Å²) >= 11 is 0. The van der Waals surface area contributed by atoms with E-state index in [1.165, 1.54) is 0 Å². The Morgan fingerprint density at radius 2 is 2.00 bits per heavy atom. The average molecular weight is 236 g/mol. The summed E-state index contributed by atoms with van der Waals surface area (Å²) in [5.74, 6) is 0.496. The molecule has 0 bridgehead atoms. The first-order chi connectivity index (χ1) is 8.08. The Morgan fingerprint density at radius 3 is 2.59 bits per heavy atom. The number of benzene rings is 1. The van der Waals surface area contributed by atoms with Crippen LogP contribution in [-0.2, 0) is 10.2 Å². The maximum absolute atomic E-state index is 11.3. The first-order valence-corrected chi connectivity index (χ1v) is 5.71. The van der Waals surface area contributed by atoms with Crippen LogP contribution in [0.5, 0.6) is 11.5 Å². The second kappa shape index (κ2) is 4.28. The van der Waals surface area contributed by atoms with Crippen molar-refractivity contribution in [1.82, 2.24) is 0 Å². The van der Waals surface area contributed by atoms with Gasteiger partial charge in [0.1, 0.15) is 13.2 Å². The number of ether oxygens (including phenoxy) is 2. The summed E-state index contributed by atoms with van der Waals surface area (Å²) in [5.41, 5.74) is -0.132. The van der Waals surface area contributed by atoms with Gasteiger partial charge in [-0.25, -0.2) is 0 Å². The van der Waals surface area contributed by atoms with E-state index < -0.39 is 11.4 Å². The molecule has 1 atom stereocenters. The summed E-state index contributed by atoms with van der Waals surface area (Å²) in [4.78, 5) is 11.3. The lowest BCUT2D eigenvalue weighted by atomic mass is 9.80. The van der Waals surface area contributed by atoms with Crippen molar-refractivity contribution in [2.24, 2.45) is 0 Å². The molecule has 0 fully saturated rings. The van der Waals surface area contributed by atoms with E-state index in [4.69, 9.17) is 9.47 Å². The highest BCUT2D eigenvalue weighted by Gasteiger charge is 2.34. The molecular weight excluding hydrogens is 220 g/mol. The van der Waals surface area contributed by atoms with Gasteiger partial charge in [-0.2, -0.15) is 0 Å². The van der Waals surface area contributed by atoms with Crippen molar-refractivity contribution in [1.29, 1.82) is 0 Å². The lowest BCUT2D eigenvalue weighted by Gasteiger charge is -2.26. The largest absolute Gasteiger partial charge is 0.486 e. The molecule has 4 heteroatoms. The second-order valence-electron chi connectivity index (χ2n) is 4.35. The Labute approximate surface area is 100 Å². The van der Waals surface area contributed by atoms with E-state index in [2.05, 4.69) is 0 Å². The minimum Gasteiger partial charge on any atom is -0.486 e. The van der Waals surface area contributed by atoms with Crippen LogP contribution in [-0.4, -0.2) is 24.3 Å². The van der Waals surface area contributed by atoms with E-state index in [-0.39, 0.29) is 0 Å². The molecule has 1 unspecified atom stereocenters. The molecule has 0 aromatic heterocycles. The fourth-order valence-electron chi connectivity index (χ4n) is 1.87. The zero-order valence-corrected chi connectivity index (χ0v) is 10.0. The Bertz CT molecular complexity index is 441. The summed E-state index contributed by atoms with van der Waals surface area (Å²) in [6.45, 7) is 4.63. The van der Waals surface area contributed by atoms with Crippen molar-refractivity contribution in [3.8, 4) is 11.5 Å². The highest BCUT2D eigenvalue weighted by molar-refractivity contribution is 5.81. The topological polar surface area (TPSA) is 55.8 Å². The highest BCUT2D eigenvalue weighted by Crippen LogP contribution is 2.36. The number of rotatable bonds is 3. The molecule has 1 aromatic carbocycles. The Balaban J connectivity index is 2.42. The van der Waals surface area contributed by atoms with Gasteiger partial charge in [0, 0.05) is 0 Å². The Hall–Kier alpha value is -1.71. The van der Waals surface area contributed by atoms with E-state index >= 15 is 0 Å². The Morgan fingerprint density at radius 1 is 1.35 bits per heavy atom. The first kappa shape index (κ1) is 11.8. The van der Waals surface area contributed by atoms with Crippen LogP contribution in [0.1, 0.15) is 25.8 Å². The number of carboxylic acids is 1. The summed E-state index contributed by atoms with van der Waals surface area (Å²) in [6, 6.07) is 5.35. The number of hydrogen-bond donors (Lipinski definition) is 1. The lowest BCUT2D eigenvalue weighted by molar-refractivity contribution is -0.143. The van der Waals surface area contributed by atoms with Crippen LogP contribution in [0.4, 0.5) is 0 Å². The minimum absolute atomic E-state index is 0.506. The van der Waals surface area contributed by atoms with Gasteiger partial charge in [0.05, 0.1) is 5.41 Å². The molecule has 0 amide bonds. The molecule has 2 rings (SSSR count). The van der Waals surface area contributed by atoms with Gasteiger partial charge in [0.25, 0.3) is 0 Å². The summed E-state index contributed by atoms with van der Waals surface area (Å²) in [7, 11) is 0. The van der Waals surface area contributed by atoms with Crippen molar-refractivity contribution in [2.45, 2.75) is 25.7 Å². The fourth-order valence-corrected chi connectivity index (χ4v) is 1.87. The quantitative estimate of drug-likeness (QED) is 0.874. The average Bonchev–Trinajstić information content (AvgIpc) is 2.37. The summed E-state index contributed by atoms with van der Waals surface area (Å²) < 4.78 is 10.9. The number of aliphatic carboxylic acids is 1. The molecule has 1 heterocycles. The van der Waals surface area contributed by atoms with Gasteiger partial charge in [0.15, 0.2) is 11.5 Å². The predicted octanol–water partition coefficient (Wildman–Crippen LogP) is 2.21. The molecule has 0 spiro atoms. The van der Waals surface area contributed by atoms with Crippen molar-refractivity contribution < 1.29 is 19.4 Å². The van der Waals surface area contributed by atoms with Gasteiger partial charge in [-0.1, -0.05) is 13.0 Å². The molecule has 1 N–H and O–H groups in total. The molecular formula is C13H16O4.